The van der Waals surface area contributed by atoms with Crippen molar-refractivity contribution in [1.29, 1.82) is 0 Å². The van der Waals surface area contributed by atoms with Crippen LogP contribution in [0, 0.1) is 0 Å². The number of nitrogen functional groups attached to an aromatic ring is 1. The Labute approximate surface area is 311 Å². The fourth-order valence-corrected chi connectivity index (χ4v) is 7.98. The van der Waals surface area contributed by atoms with Crippen LogP contribution in [0.5, 0.6) is 0 Å². The quantitative estimate of drug-likeness (QED) is 0.0885. The summed E-state index contributed by atoms with van der Waals surface area (Å²) in [5.41, 5.74) is 30.3. The van der Waals surface area contributed by atoms with Gasteiger partial charge in [-0.1, -0.05) is 0 Å². The van der Waals surface area contributed by atoms with Gasteiger partial charge in [0.05, 0.1) is 25.6 Å². The molecule has 26 nitrogen and oxygen atoms in total. The van der Waals surface area contributed by atoms with Crippen LogP contribution in [0.25, 0.3) is 11.2 Å². The van der Waals surface area contributed by atoms with Gasteiger partial charge in [-0.25, -0.2) is 19.5 Å². The van der Waals surface area contributed by atoms with Crippen LogP contribution in [0.3, 0.4) is 0 Å². The molecule has 0 spiro atoms. The van der Waals surface area contributed by atoms with Crippen LogP contribution in [0.4, 0.5) is 5.82 Å². The van der Waals surface area contributed by atoms with Gasteiger partial charge in [0.2, 0.25) is 0 Å². The number of aliphatic hydroxyl groups is 8. The van der Waals surface area contributed by atoms with Crippen LogP contribution in [-0.4, -0.2) is 195 Å². The van der Waals surface area contributed by atoms with Gasteiger partial charge < -0.3 is 98.1 Å². The second kappa shape index (κ2) is 16.9. The highest BCUT2D eigenvalue weighted by atomic mass is 31.2. The van der Waals surface area contributed by atoms with E-state index in [1.165, 1.54) is 10.9 Å². The predicted octanol–water partition coefficient (Wildman–Crippen LogP) is -8.11. The SMILES string of the molecule is NC[C@H]1O[C@H](O[C@H]2[C@H](O)[C@@H](O[C@H]3O[C@H](CO)[C@@H](O)[C@H](N)[C@H]3O)[C@H](N)C[C@@H]2N)[C@H](O)[C@@H](O)[C@@H]1OP(=O)(O)OC[C@H]1O[C@@H](n2cnc3c(N)ncnc32)[C@H](O)[C@@H]1O. The number of hydrogen-bond donors (Lipinski definition) is 14. The van der Waals surface area contributed by atoms with E-state index in [1.807, 2.05) is 0 Å². The number of nitrogens with two attached hydrogens (primary N) is 5. The molecule has 2 aromatic heterocycles. The molecule has 0 aromatic carbocycles. The summed E-state index contributed by atoms with van der Waals surface area (Å²) in [6, 6.07) is -3.26. The lowest BCUT2D eigenvalue weighted by molar-refractivity contribution is -0.331. The third-order valence-corrected chi connectivity index (χ3v) is 11.1. The van der Waals surface area contributed by atoms with Crippen LogP contribution >= 0.6 is 7.82 Å². The number of aliphatic hydroxyl groups excluding tert-OH is 8. The Hall–Kier alpha value is -2.22. The van der Waals surface area contributed by atoms with Gasteiger partial charge in [0, 0.05) is 18.6 Å². The van der Waals surface area contributed by atoms with E-state index in [1.54, 1.807) is 0 Å². The average molecular weight is 814 g/mol. The van der Waals surface area contributed by atoms with E-state index in [9.17, 15) is 50.3 Å². The zero-order valence-electron chi connectivity index (χ0n) is 28.9. The van der Waals surface area contributed by atoms with E-state index in [4.69, 9.17) is 61.4 Å². The van der Waals surface area contributed by atoms with Crippen molar-refractivity contribution in [2.45, 2.75) is 123 Å². The van der Waals surface area contributed by atoms with E-state index < -0.39 is 144 Å². The monoisotopic (exact) mass is 813 g/mol. The Balaban J connectivity index is 1.07. The summed E-state index contributed by atoms with van der Waals surface area (Å²) in [6.07, 6.45) is -22.8. The molecule has 0 amide bonds. The Morgan fingerprint density at radius 2 is 1.42 bits per heavy atom. The zero-order chi connectivity index (χ0) is 40.1. The molecule has 1 aliphatic carbocycles. The standard InChI is InChI=1S/C28H48N9O17P/c29-2-9-23(54-55(46,47)48-4-11-15(40)18(43)26(49-11)37-6-36-13-24(33)34-5-35-25(13)37)17(42)19(44)28(50-9)53-22-8(31)1-7(30)21(20(22)45)52-27-16(41)12(32)14(39)10(3-38)51-27/h5-12,14-23,26-28,38-45H,1-4,29-32H2,(H,46,47)(H2,33,34,35)/t7-,8+,9-,10-,11-,12+,14-,15-,16-,17-,18-,19-,20-,21+,22-,23-,26-,27-,28-/m1/s1. The highest BCUT2D eigenvalue weighted by molar-refractivity contribution is 7.47. The predicted molar refractivity (Wildman–Crippen MR) is 178 cm³/mol. The van der Waals surface area contributed by atoms with Crippen LogP contribution in [-0.2, 0) is 37.3 Å². The van der Waals surface area contributed by atoms with E-state index in [2.05, 4.69) is 15.0 Å². The van der Waals surface area contributed by atoms with Crippen molar-refractivity contribution in [3.8, 4) is 0 Å². The van der Waals surface area contributed by atoms with Gasteiger partial charge in [0.15, 0.2) is 30.3 Å². The molecule has 1 unspecified atom stereocenters. The maximum Gasteiger partial charge on any atom is 0.472 e. The summed E-state index contributed by atoms with van der Waals surface area (Å²) in [5.74, 6) is 0.0553. The van der Waals surface area contributed by atoms with Crippen molar-refractivity contribution in [2.24, 2.45) is 22.9 Å². The van der Waals surface area contributed by atoms with E-state index in [0.717, 1.165) is 6.33 Å². The lowest BCUT2D eigenvalue weighted by Crippen LogP contribution is -2.68. The first-order valence-corrected chi connectivity index (χ1v) is 18.7. The number of ether oxygens (including phenoxy) is 5. The minimum absolute atomic E-state index is 0.0468. The van der Waals surface area contributed by atoms with Crippen molar-refractivity contribution in [2.75, 3.05) is 25.5 Å². The third kappa shape index (κ3) is 8.37. The first-order valence-electron chi connectivity index (χ1n) is 17.2. The minimum atomic E-state index is -5.17. The third-order valence-electron chi connectivity index (χ3n) is 10.1. The van der Waals surface area contributed by atoms with Crippen LogP contribution < -0.4 is 28.7 Å². The second-order valence-corrected chi connectivity index (χ2v) is 15.2. The van der Waals surface area contributed by atoms with Gasteiger partial charge in [0.25, 0.3) is 0 Å². The molecule has 312 valence electrons. The smallest absolute Gasteiger partial charge is 0.394 e. The largest absolute Gasteiger partial charge is 0.472 e. The Morgan fingerprint density at radius 1 is 0.782 bits per heavy atom. The van der Waals surface area contributed by atoms with E-state index >= 15 is 0 Å². The summed E-state index contributed by atoms with van der Waals surface area (Å²) in [7, 11) is -5.17. The average Bonchev–Trinajstić information content (AvgIpc) is 3.70. The molecule has 4 aliphatic rings. The van der Waals surface area contributed by atoms with E-state index in [-0.39, 0.29) is 23.4 Å². The van der Waals surface area contributed by atoms with Gasteiger partial charge in [-0.05, 0) is 6.42 Å². The van der Waals surface area contributed by atoms with Crippen molar-refractivity contribution < 1.29 is 83.0 Å². The zero-order valence-corrected chi connectivity index (χ0v) is 29.8. The van der Waals surface area contributed by atoms with Crippen LogP contribution in [0.15, 0.2) is 12.7 Å². The molecular formula is C28H48N9O17P. The van der Waals surface area contributed by atoms with Gasteiger partial charge in [-0.2, -0.15) is 0 Å². The maximum absolute atomic E-state index is 13.1. The molecular weight excluding hydrogens is 765 g/mol. The number of fused-ring (bicyclic) bond motifs is 1. The van der Waals surface area contributed by atoms with Crippen LogP contribution in [0.1, 0.15) is 12.6 Å². The number of anilines is 1. The molecule has 0 bridgehead atoms. The molecule has 27 heteroatoms. The first kappa shape index (κ1) is 42.4. The summed E-state index contributed by atoms with van der Waals surface area (Å²) in [5, 5.41) is 84.9. The van der Waals surface area contributed by atoms with Crippen molar-refractivity contribution in [3.05, 3.63) is 12.7 Å². The fraction of sp³-hybridized carbons (Fsp3) is 0.821. The normalized spacial score (nSPS) is 45.1. The minimum Gasteiger partial charge on any atom is -0.394 e. The van der Waals surface area contributed by atoms with Gasteiger partial charge >= 0.3 is 7.82 Å². The van der Waals surface area contributed by atoms with Crippen molar-refractivity contribution in [1.82, 2.24) is 19.5 Å². The van der Waals surface area contributed by atoms with Gasteiger partial charge in [0.1, 0.15) is 91.2 Å². The number of imidazole rings is 1. The lowest BCUT2D eigenvalue weighted by Gasteiger charge is -2.48. The molecule has 4 fully saturated rings. The van der Waals surface area contributed by atoms with Crippen molar-refractivity contribution in [3.63, 3.8) is 0 Å². The summed E-state index contributed by atoms with van der Waals surface area (Å²) >= 11 is 0. The van der Waals surface area contributed by atoms with Crippen LogP contribution in [0.2, 0.25) is 0 Å². The summed E-state index contributed by atoms with van der Waals surface area (Å²) in [4.78, 5) is 22.6. The second-order valence-electron chi connectivity index (χ2n) is 13.8. The molecule has 55 heavy (non-hydrogen) atoms. The highest BCUT2D eigenvalue weighted by Gasteiger charge is 2.53. The Morgan fingerprint density at radius 3 is 2.05 bits per heavy atom. The number of phosphoric ester groups is 1. The number of phosphoric acid groups is 1. The molecule has 5 heterocycles. The number of aromatic nitrogens is 4. The van der Waals surface area contributed by atoms with E-state index in [0.29, 0.717) is 0 Å². The fourth-order valence-electron chi connectivity index (χ4n) is 7.02. The number of rotatable bonds is 12. The van der Waals surface area contributed by atoms with Gasteiger partial charge in [-0.15, -0.1) is 0 Å². The number of nitrogens with zero attached hydrogens (tertiary/aromatic N) is 4. The molecule has 1 saturated carbocycles. The molecule has 3 aliphatic heterocycles. The van der Waals surface area contributed by atoms with Gasteiger partial charge in [-0.3, -0.25) is 13.6 Å². The number of hydrogen-bond acceptors (Lipinski definition) is 24. The molecule has 6 rings (SSSR count). The molecule has 20 atom stereocenters. The highest BCUT2D eigenvalue weighted by Crippen LogP contribution is 2.48. The lowest BCUT2D eigenvalue weighted by atomic mass is 9.84. The molecule has 2 aromatic rings. The first-order chi connectivity index (χ1) is 26.0. The summed E-state index contributed by atoms with van der Waals surface area (Å²) < 4.78 is 53.0. The Bertz CT molecular complexity index is 1650. The summed E-state index contributed by atoms with van der Waals surface area (Å²) in [6.45, 7) is -1.94. The molecule has 0 radical (unpaired) electrons. The Kier molecular flexibility index (Phi) is 13.1. The van der Waals surface area contributed by atoms with Crippen molar-refractivity contribution >= 4 is 24.8 Å². The molecule has 19 N–H and O–H groups in total. The molecule has 3 saturated heterocycles. The maximum atomic E-state index is 13.1. The topological polar surface area (TPSA) is 437 Å².